The summed E-state index contributed by atoms with van der Waals surface area (Å²) in [5.41, 5.74) is 0. The minimum atomic E-state index is 0.788. The molecule has 0 heterocycles. The third kappa shape index (κ3) is 2.17. The number of hydrogen-bond donors (Lipinski definition) is 2. The highest BCUT2D eigenvalue weighted by Crippen LogP contribution is 2.24. The molecule has 0 saturated heterocycles. The lowest BCUT2D eigenvalue weighted by molar-refractivity contribution is 0.323. The fourth-order valence-electron chi connectivity index (χ4n) is 1.63. The second-order valence-electron chi connectivity index (χ2n) is 3.19. The van der Waals surface area contributed by atoms with E-state index in [1.165, 1.54) is 25.7 Å². The molecular weight excluding hydrogens is 142 g/mol. The highest BCUT2D eigenvalue weighted by molar-refractivity contribution is 7.80. The van der Waals surface area contributed by atoms with Crippen LogP contribution in [0.3, 0.4) is 0 Å². The Balaban J connectivity index is 2.17. The van der Waals surface area contributed by atoms with Gasteiger partial charge in [-0.05, 0) is 44.4 Å². The van der Waals surface area contributed by atoms with Gasteiger partial charge in [-0.2, -0.15) is 12.6 Å². The van der Waals surface area contributed by atoms with E-state index in [-0.39, 0.29) is 0 Å². The van der Waals surface area contributed by atoms with Crippen LogP contribution in [-0.2, 0) is 0 Å². The van der Waals surface area contributed by atoms with Gasteiger partial charge in [0.25, 0.3) is 0 Å². The fourth-order valence-corrected chi connectivity index (χ4v) is 2.00. The van der Waals surface area contributed by atoms with E-state index in [1.54, 1.807) is 0 Å². The minimum absolute atomic E-state index is 0.788. The average molecular weight is 159 g/mol. The SMILES string of the molecule is CNC1CCC(CS)CC1. The summed E-state index contributed by atoms with van der Waals surface area (Å²) >= 11 is 4.30. The first-order valence-corrected chi connectivity index (χ1v) is 4.78. The summed E-state index contributed by atoms with van der Waals surface area (Å²) in [6.07, 6.45) is 5.44. The van der Waals surface area contributed by atoms with Crippen molar-refractivity contribution in [2.45, 2.75) is 31.7 Å². The molecule has 0 amide bonds. The summed E-state index contributed by atoms with van der Waals surface area (Å²) in [7, 11) is 2.06. The summed E-state index contributed by atoms with van der Waals surface area (Å²) in [6.45, 7) is 0. The van der Waals surface area contributed by atoms with Crippen LogP contribution < -0.4 is 5.32 Å². The number of nitrogens with one attached hydrogen (secondary N) is 1. The fraction of sp³-hybridized carbons (Fsp3) is 1.00. The molecule has 0 atom stereocenters. The second-order valence-corrected chi connectivity index (χ2v) is 3.55. The van der Waals surface area contributed by atoms with E-state index in [0.717, 1.165) is 17.7 Å². The standard InChI is InChI=1S/C8H17NS/c1-9-8-4-2-7(6-10)3-5-8/h7-10H,2-6H2,1H3. The molecule has 1 rings (SSSR count). The monoisotopic (exact) mass is 159 g/mol. The minimum Gasteiger partial charge on any atom is -0.317 e. The van der Waals surface area contributed by atoms with Crippen LogP contribution in [0.4, 0.5) is 0 Å². The molecule has 60 valence electrons. The average Bonchev–Trinajstić information content (AvgIpc) is 2.05. The van der Waals surface area contributed by atoms with Crippen LogP contribution in [0.25, 0.3) is 0 Å². The zero-order valence-corrected chi connectivity index (χ0v) is 7.53. The Kier molecular flexibility index (Phi) is 3.57. The van der Waals surface area contributed by atoms with E-state index in [0.29, 0.717) is 0 Å². The van der Waals surface area contributed by atoms with Gasteiger partial charge in [-0.25, -0.2) is 0 Å². The molecule has 1 N–H and O–H groups in total. The van der Waals surface area contributed by atoms with Crippen LogP contribution in [0.1, 0.15) is 25.7 Å². The molecule has 1 nitrogen and oxygen atoms in total. The summed E-state index contributed by atoms with van der Waals surface area (Å²) in [6, 6.07) is 0.788. The Morgan fingerprint density at radius 3 is 2.30 bits per heavy atom. The molecule has 1 aliphatic carbocycles. The van der Waals surface area contributed by atoms with Crippen molar-refractivity contribution >= 4 is 12.6 Å². The lowest BCUT2D eigenvalue weighted by atomic mass is 9.87. The third-order valence-electron chi connectivity index (χ3n) is 2.51. The summed E-state index contributed by atoms with van der Waals surface area (Å²) < 4.78 is 0. The molecule has 1 aliphatic rings. The number of thiol groups is 1. The predicted molar refractivity (Wildman–Crippen MR) is 48.7 cm³/mol. The highest BCUT2D eigenvalue weighted by Gasteiger charge is 2.17. The molecule has 10 heavy (non-hydrogen) atoms. The number of rotatable bonds is 2. The zero-order chi connectivity index (χ0) is 7.40. The van der Waals surface area contributed by atoms with E-state index in [4.69, 9.17) is 0 Å². The quantitative estimate of drug-likeness (QED) is 0.584. The van der Waals surface area contributed by atoms with Gasteiger partial charge in [0.2, 0.25) is 0 Å². The topological polar surface area (TPSA) is 12.0 Å². The molecule has 0 radical (unpaired) electrons. The maximum absolute atomic E-state index is 4.30. The Hall–Kier alpha value is 0.310. The summed E-state index contributed by atoms with van der Waals surface area (Å²) in [5.74, 6) is 1.98. The van der Waals surface area contributed by atoms with Gasteiger partial charge in [0.15, 0.2) is 0 Å². The molecule has 0 aromatic carbocycles. The van der Waals surface area contributed by atoms with Gasteiger partial charge in [-0.15, -0.1) is 0 Å². The van der Waals surface area contributed by atoms with Gasteiger partial charge in [0, 0.05) is 6.04 Å². The van der Waals surface area contributed by atoms with Crippen LogP contribution in [0, 0.1) is 5.92 Å². The molecular formula is C8H17NS. The second kappa shape index (κ2) is 4.24. The van der Waals surface area contributed by atoms with Crippen molar-refractivity contribution in [3.05, 3.63) is 0 Å². The zero-order valence-electron chi connectivity index (χ0n) is 6.64. The van der Waals surface area contributed by atoms with Crippen molar-refractivity contribution in [1.82, 2.24) is 5.32 Å². The van der Waals surface area contributed by atoms with Crippen molar-refractivity contribution < 1.29 is 0 Å². The molecule has 0 aromatic heterocycles. The molecule has 2 heteroatoms. The van der Waals surface area contributed by atoms with Crippen molar-refractivity contribution in [3.8, 4) is 0 Å². The largest absolute Gasteiger partial charge is 0.317 e. The maximum atomic E-state index is 4.30. The first-order valence-electron chi connectivity index (χ1n) is 4.15. The molecule has 0 aromatic rings. The van der Waals surface area contributed by atoms with Gasteiger partial charge in [-0.3, -0.25) is 0 Å². The molecule has 0 spiro atoms. The van der Waals surface area contributed by atoms with Crippen LogP contribution in [0.2, 0.25) is 0 Å². The van der Waals surface area contributed by atoms with Gasteiger partial charge in [0.05, 0.1) is 0 Å². The molecule has 0 bridgehead atoms. The van der Waals surface area contributed by atoms with Crippen molar-refractivity contribution in [2.75, 3.05) is 12.8 Å². The first kappa shape index (κ1) is 8.41. The van der Waals surface area contributed by atoms with Gasteiger partial charge in [-0.1, -0.05) is 0 Å². The summed E-state index contributed by atoms with van der Waals surface area (Å²) in [5, 5.41) is 3.32. The summed E-state index contributed by atoms with van der Waals surface area (Å²) in [4.78, 5) is 0. The Morgan fingerprint density at radius 2 is 1.90 bits per heavy atom. The van der Waals surface area contributed by atoms with E-state index in [1.807, 2.05) is 0 Å². The van der Waals surface area contributed by atoms with Crippen molar-refractivity contribution in [2.24, 2.45) is 5.92 Å². The third-order valence-corrected chi connectivity index (χ3v) is 3.03. The lowest BCUT2D eigenvalue weighted by Crippen LogP contribution is -2.30. The molecule has 0 unspecified atom stereocenters. The maximum Gasteiger partial charge on any atom is 0.00642 e. The normalized spacial score (nSPS) is 34.2. The van der Waals surface area contributed by atoms with Crippen molar-refractivity contribution in [3.63, 3.8) is 0 Å². The van der Waals surface area contributed by atoms with Gasteiger partial charge in [0.1, 0.15) is 0 Å². The van der Waals surface area contributed by atoms with Gasteiger partial charge >= 0.3 is 0 Å². The Bertz CT molecular complexity index is 75.3. The Labute approximate surface area is 69.0 Å². The molecule has 1 fully saturated rings. The lowest BCUT2D eigenvalue weighted by Gasteiger charge is -2.26. The van der Waals surface area contributed by atoms with E-state index < -0.39 is 0 Å². The van der Waals surface area contributed by atoms with E-state index >= 15 is 0 Å². The van der Waals surface area contributed by atoms with Crippen LogP contribution >= 0.6 is 12.6 Å². The van der Waals surface area contributed by atoms with Crippen LogP contribution in [-0.4, -0.2) is 18.8 Å². The predicted octanol–water partition coefficient (Wildman–Crippen LogP) is 1.69. The highest BCUT2D eigenvalue weighted by atomic mass is 32.1. The van der Waals surface area contributed by atoms with Crippen LogP contribution in [0.15, 0.2) is 0 Å². The molecule has 0 aliphatic heterocycles. The molecule has 1 saturated carbocycles. The van der Waals surface area contributed by atoms with E-state index in [9.17, 15) is 0 Å². The van der Waals surface area contributed by atoms with E-state index in [2.05, 4.69) is 25.0 Å². The van der Waals surface area contributed by atoms with Crippen molar-refractivity contribution in [1.29, 1.82) is 0 Å². The first-order chi connectivity index (χ1) is 4.86. The smallest absolute Gasteiger partial charge is 0.00642 e. The van der Waals surface area contributed by atoms with Crippen LogP contribution in [0.5, 0.6) is 0 Å². The van der Waals surface area contributed by atoms with Gasteiger partial charge < -0.3 is 5.32 Å². The number of hydrogen-bond acceptors (Lipinski definition) is 2. The Morgan fingerprint density at radius 1 is 1.30 bits per heavy atom.